The van der Waals surface area contributed by atoms with Crippen LogP contribution in [0.3, 0.4) is 0 Å². The molecule has 2 aromatic rings. The van der Waals surface area contributed by atoms with Gasteiger partial charge in [-0.15, -0.1) is 0 Å². The average Bonchev–Trinajstić information content (AvgIpc) is 2.86. The normalized spacial score (nSPS) is 11.8. The van der Waals surface area contributed by atoms with E-state index in [1.165, 1.54) is 13.8 Å². The number of aromatic amines is 1. The lowest BCUT2D eigenvalue weighted by Gasteiger charge is -2.02. The van der Waals surface area contributed by atoms with Gasteiger partial charge >= 0.3 is 11.4 Å². The maximum Gasteiger partial charge on any atom is 0.333 e. The highest BCUT2D eigenvalue weighted by atomic mass is 32.1. The van der Waals surface area contributed by atoms with Gasteiger partial charge in [0.05, 0.1) is 5.71 Å². The maximum atomic E-state index is 12.6. The van der Waals surface area contributed by atoms with E-state index in [9.17, 15) is 28.3 Å². The number of nitrogens with zero attached hydrogens (tertiary/aromatic N) is 3. The summed E-state index contributed by atoms with van der Waals surface area (Å²) in [6, 6.07) is 1.14. The fraction of sp³-hybridized carbons (Fsp3) is 0.250. The van der Waals surface area contributed by atoms with E-state index >= 15 is 0 Å². The molecule has 12 heteroatoms. The van der Waals surface area contributed by atoms with E-state index in [4.69, 9.17) is 0 Å². The third-order valence-corrected chi connectivity index (χ3v) is 3.56. The molecule has 0 unspecified atom stereocenters. The number of aromatic nitrogens is 3. The van der Waals surface area contributed by atoms with Crippen LogP contribution in [0.4, 0.5) is 8.78 Å². The van der Waals surface area contributed by atoms with E-state index in [1.54, 1.807) is 0 Å². The standard InChI is InChI=1S/C12H11F2N5O4S/c1-4-3-6(18-19(4)11(13)14)8(20)17-16-5(2)7-9(21)15-12(23)24-10(7)22/h3,11,22H,1-2H3,(H,17,20)(H,15,21,23)/b16-5-. The summed E-state index contributed by atoms with van der Waals surface area (Å²) in [6.45, 7) is -0.224. The van der Waals surface area contributed by atoms with E-state index in [0.717, 1.165) is 6.07 Å². The summed E-state index contributed by atoms with van der Waals surface area (Å²) in [6.07, 6.45) is 0. The van der Waals surface area contributed by atoms with Crippen LogP contribution in [0.2, 0.25) is 0 Å². The summed E-state index contributed by atoms with van der Waals surface area (Å²) in [4.78, 5) is 35.8. The number of halogens is 2. The summed E-state index contributed by atoms with van der Waals surface area (Å²) in [5.41, 5.74) is 0.592. The van der Waals surface area contributed by atoms with Gasteiger partial charge in [-0.2, -0.15) is 19.0 Å². The fourth-order valence-electron chi connectivity index (χ4n) is 1.78. The molecule has 1 amide bonds. The number of aromatic hydroxyl groups is 1. The maximum absolute atomic E-state index is 12.6. The zero-order valence-electron chi connectivity index (χ0n) is 12.3. The number of alkyl halides is 2. The van der Waals surface area contributed by atoms with Crippen molar-refractivity contribution in [3.63, 3.8) is 0 Å². The highest BCUT2D eigenvalue weighted by molar-refractivity contribution is 7.11. The van der Waals surface area contributed by atoms with Gasteiger partial charge in [-0.3, -0.25) is 19.4 Å². The van der Waals surface area contributed by atoms with Crippen LogP contribution in [-0.2, 0) is 0 Å². The number of carbonyl (C=O) groups is 1. The minimum Gasteiger partial charge on any atom is -0.499 e. The van der Waals surface area contributed by atoms with Crippen LogP contribution in [-0.4, -0.2) is 31.5 Å². The fourth-order valence-corrected chi connectivity index (χ4v) is 2.44. The van der Waals surface area contributed by atoms with Crippen molar-refractivity contribution in [2.45, 2.75) is 20.4 Å². The van der Waals surface area contributed by atoms with Gasteiger partial charge in [-0.1, -0.05) is 0 Å². The molecule has 0 aliphatic rings. The number of carbonyl (C=O) groups excluding carboxylic acids is 1. The first-order valence-corrected chi connectivity index (χ1v) is 7.18. The molecular formula is C12H11F2N5O4S. The first-order valence-electron chi connectivity index (χ1n) is 6.36. The predicted octanol–water partition coefficient (Wildman–Crippen LogP) is 0.556. The van der Waals surface area contributed by atoms with Crippen molar-refractivity contribution in [3.05, 3.63) is 43.0 Å². The summed E-state index contributed by atoms with van der Waals surface area (Å²) < 4.78 is 25.6. The SMILES string of the molecule is C/C(=N/NC(=O)c1cc(C)n(C(F)F)n1)c1c(O)sc(=O)[nH]c1=O. The molecule has 0 atom stereocenters. The molecule has 24 heavy (non-hydrogen) atoms. The third-order valence-electron chi connectivity index (χ3n) is 2.87. The Morgan fingerprint density at radius 3 is 2.71 bits per heavy atom. The Bertz CT molecular complexity index is 930. The number of hydrazone groups is 1. The quantitative estimate of drug-likeness (QED) is 0.542. The zero-order chi connectivity index (χ0) is 18.0. The van der Waals surface area contributed by atoms with Crippen LogP contribution in [0.15, 0.2) is 20.8 Å². The molecule has 9 nitrogen and oxygen atoms in total. The van der Waals surface area contributed by atoms with Crippen molar-refractivity contribution in [1.29, 1.82) is 0 Å². The van der Waals surface area contributed by atoms with Crippen molar-refractivity contribution in [1.82, 2.24) is 20.2 Å². The van der Waals surface area contributed by atoms with E-state index in [-0.39, 0.29) is 22.7 Å². The number of aryl methyl sites for hydroxylation is 1. The molecule has 0 aliphatic heterocycles. The van der Waals surface area contributed by atoms with E-state index in [1.807, 2.05) is 10.4 Å². The molecule has 0 aliphatic carbocycles. The predicted molar refractivity (Wildman–Crippen MR) is 80.8 cm³/mol. The lowest BCUT2D eigenvalue weighted by molar-refractivity contribution is 0.0538. The monoisotopic (exact) mass is 359 g/mol. The second-order valence-corrected chi connectivity index (χ2v) is 5.52. The van der Waals surface area contributed by atoms with Gasteiger partial charge in [-0.25, -0.2) is 10.1 Å². The number of hydrogen-bond donors (Lipinski definition) is 3. The lowest BCUT2D eigenvalue weighted by atomic mass is 10.2. The van der Waals surface area contributed by atoms with Crippen molar-refractivity contribution in [3.8, 4) is 5.06 Å². The van der Waals surface area contributed by atoms with Gasteiger partial charge in [0.2, 0.25) is 0 Å². The molecule has 0 saturated heterocycles. The molecule has 0 aromatic carbocycles. The topological polar surface area (TPSA) is 129 Å². The Hall–Kier alpha value is -2.89. The molecule has 0 spiro atoms. The minimum absolute atomic E-state index is 0.0802. The van der Waals surface area contributed by atoms with Gasteiger partial charge < -0.3 is 5.11 Å². The Labute approximate surface area is 136 Å². The van der Waals surface area contributed by atoms with Crippen molar-refractivity contribution < 1.29 is 18.7 Å². The molecule has 0 radical (unpaired) electrons. The lowest BCUT2D eigenvalue weighted by Crippen LogP contribution is -2.25. The van der Waals surface area contributed by atoms with Crippen LogP contribution in [0, 0.1) is 6.92 Å². The molecular weight excluding hydrogens is 348 g/mol. The van der Waals surface area contributed by atoms with E-state index < -0.39 is 28.0 Å². The molecule has 0 bridgehead atoms. The minimum atomic E-state index is -2.89. The summed E-state index contributed by atoms with van der Waals surface area (Å²) in [5, 5.41) is 16.1. The number of nitrogens with one attached hydrogen (secondary N) is 2. The summed E-state index contributed by atoms with van der Waals surface area (Å²) in [7, 11) is 0. The van der Waals surface area contributed by atoms with Gasteiger partial charge in [-0.05, 0) is 31.3 Å². The highest BCUT2D eigenvalue weighted by Crippen LogP contribution is 2.15. The van der Waals surface area contributed by atoms with Gasteiger partial charge in [0, 0.05) is 5.69 Å². The Morgan fingerprint density at radius 1 is 1.50 bits per heavy atom. The van der Waals surface area contributed by atoms with Crippen LogP contribution < -0.4 is 15.9 Å². The van der Waals surface area contributed by atoms with Gasteiger partial charge in [0.1, 0.15) is 5.56 Å². The zero-order valence-corrected chi connectivity index (χ0v) is 13.1. The molecule has 0 fully saturated rings. The molecule has 128 valence electrons. The Morgan fingerprint density at radius 2 is 2.17 bits per heavy atom. The average molecular weight is 359 g/mol. The second-order valence-electron chi connectivity index (χ2n) is 4.56. The first kappa shape index (κ1) is 17.5. The van der Waals surface area contributed by atoms with Crippen LogP contribution >= 0.6 is 11.3 Å². The van der Waals surface area contributed by atoms with Crippen molar-refractivity contribution >= 4 is 23.0 Å². The largest absolute Gasteiger partial charge is 0.499 e. The van der Waals surface area contributed by atoms with E-state index in [2.05, 4.69) is 10.2 Å². The molecule has 0 saturated carbocycles. The van der Waals surface area contributed by atoms with Gasteiger partial charge in [0.25, 0.3) is 11.5 Å². The summed E-state index contributed by atoms with van der Waals surface area (Å²) >= 11 is 0.392. The molecule has 2 heterocycles. The number of amides is 1. The smallest absolute Gasteiger partial charge is 0.333 e. The first-order chi connectivity index (χ1) is 11.2. The van der Waals surface area contributed by atoms with Crippen LogP contribution in [0.25, 0.3) is 0 Å². The highest BCUT2D eigenvalue weighted by Gasteiger charge is 2.17. The third kappa shape index (κ3) is 3.53. The van der Waals surface area contributed by atoms with Crippen molar-refractivity contribution in [2.75, 3.05) is 0 Å². The van der Waals surface area contributed by atoms with Gasteiger partial charge in [0.15, 0.2) is 10.8 Å². The molecule has 2 rings (SSSR count). The Kier molecular flexibility index (Phi) is 4.87. The molecule has 3 N–H and O–H groups in total. The van der Waals surface area contributed by atoms with E-state index in [0.29, 0.717) is 16.0 Å². The number of H-pyrrole nitrogens is 1. The van der Waals surface area contributed by atoms with Crippen LogP contribution in [0.5, 0.6) is 5.06 Å². The summed E-state index contributed by atoms with van der Waals surface area (Å²) in [5.74, 6) is -0.878. The number of hydrogen-bond acceptors (Lipinski definition) is 7. The second kappa shape index (κ2) is 6.70. The Balaban J connectivity index is 2.24. The number of rotatable bonds is 4. The van der Waals surface area contributed by atoms with Crippen molar-refractivity contribution in [2.24, 2.45) is 5.10 Å². The molecule has 2 aromatic heterocycles. The van der Waals surface area contributed by atoms with Crippen LogP contribution in [0.1, 0.15) is 35.2 Å².